The van der Waals surface area contributed by atoms with Gasteiger partial charge in [0.1, 0.15) is 0 Å². The van der Waals surface area contributed by atoms with Crippen molar-refractivity contribution >= 4 is 11.4 Å². The zero-order chi connectivity index (χ0) is 11.5. The van der Waals surface area contributed by atoms with E-state index < -0.39 is 0 Å². The summed E-state index contributed by atoms with van der Waals surface area (Å²) in [5, 5.41) is 14.2. The van der Waals surface area contributed by atoms with E-state index in [1.165, 1.54) is 25.7 Å². The standard InChI is InChI=1S/C12H16N2O2/c1-9-11(13-10-5-2-3-6-10)7-4-8-12(9)14(15)16/h4,7-8,10,13H,2-3,5-6H2,1H3. The molecule has 1 N–H and O–H groups in total. The van der Waals surface area contributed by atoms with Gasteiger partial charge in [-0.15, -0.1) is 0 Å². The first-order valence-corrected chi connectivity index (χ1v) is 5.69. The molecule has 1 fully saturated rings. The number of nitro benzene ring substituents is 1. The Morgan fingerprint density at radius 3 is 2.69 bits per heavy atom. The summed E-state index contributed by atoms with van der Waals surface area (Å²) in [5.41, 5.74) is 1.84. The molecule has 0 saturated heterocycles. The molecule has 0 atom stereocenters. The van der Waals surface area contributed by atoms with Crippen molar-refractivity contribution in [3.05, 3.63) is 33.9 Å². The van der Waals surface area contributed by atoms with Crippen LogP contribution in [0.15, 0.2) is 18.2 Å². The quantitative estimate of drug-likeness (QED) is 0.628. The predicted molar refractivity (Wildman–Crippen MR) is 63.7 cm³/mol. The average molecular weight is 220 g/mol. The highest BCUT2D eigenvalue weighted by atomic mass is 16.6. The van der Waals surface area contributed by atoms with Crippen molar-refractivity contribution < 1.29 is 4.92 Å². The van der Waals surface area contributed by atoms with Gasteiger partial charge in [0.15, 0.2) is 0 Å². The van der Waals surface area contributed by atoms with E-state index in [2.05, 4.69) is 5.32 Å². The first kappa shape index (κ1) is 10.9. The topological polar surface area (TPSA) is 55.2 Å². The molecule has 0 amide bonds. The largest absolute Gasteiger partial charge is 0.382 e. The summed E-state index contributed by atoms with van der Waals surface area (Å²) in [4.78, 5) is 10.5. The number of benzene rings is 1. The summed E-state index contributed by atoms with van der Waals surface area (Å²) in [6.07, 6.45) is 4.85. The molecular weight excluding hydrogens is 204 g/mol. The van der Waals surface area contributed by atoms with E-state index in [0.29, 0.717) is 6.04 Å². The Hall–Kier alpha value is -1.58. The van der Waals surface area contributed by atoms with Gasteiger partial charge in [-0.3, -0.25) is 10.1 Å². The molecule has 0 heterocycles. The molecule has 86 valence electrons. The third-order valence-corrected chi connectivity index (χ3v) is 3.22. The minimum Gasteiger partial charge on any atom is -0.382 e. The Balaban J connectivity index is 2.20. The van der Waals surface area contributed by atoms with Crippen molar-refractivity contribution in [3.63, 3.8) is 0 Å². The summed E-state index contributed by atoms with van der Waals surface area (Å²) < 4.78 is 0. The van der Waals surface area contributed by atoms with Gasteiger partial charge in [0, 0.05) is 23.4 Å². The minimum absolute atomic E-state index is 0.197. The van der Waals surface area contributed by atoms with Crippen LogP contribution in [0.2, 0.25) is 0 Å². The van der Waals surface area contributed by atoms with E-state index in [1.54, 1.807) is 19.1 Å². The van der Waals surface area contributed by atoms with Gasteiger partial charge in [-0.25, -0.2) is 0 Å². The van der Waals surface area contributed by atoms with Gasteiger partial charge in [0.25, 0.3) is 5.69 Å². The van der Waals surface area contributed by atoms with E-state index in [-0.39, 0.29) is 10.6 Å². The van der Waals surface area contributed by atoms with Gasteiger partial charge in [-0.2, -0.15) is 0 Å². The molecule has 1 aromatic carbocycles. The molecule has 0 aliphatic heterocycles. The smallest absolute Gasteiger partial charge is 0.274 e. The lowest BCUT2D eigenvalue weighted by Crippen LogP contribution is -2.15. The lowest BCUT2D eigenvalue weighted by atomic mass is 10.1. The van der Waals surface area contributed by atoms with E-state index in [9.17, 15) is 10.1 Å². The van der Waals surface area contributed by atoms with Crippen molar-refractivity contribution in [1.29, 1.82) is 0 Å². The molecule has 1 aromatic rings. The fourth-order valence-corrected chi connectivity index (χ4v) is 2.27. The molecule has 0 bridgehead atoms. The monoisotopic (exact) mass is 220 g/mol. The predicted octanol–water partition coefficient (Wildman–Crippen LogP) is 3.26. The van der Waals surface area contributed by atoms with Gasteiger partial charge in [-0.1, -0.05) is 18.9 Å². The molecule has 16 heavy (non-hydrogen) atoms. The molecule has 0 aromatic heterocycles. The minimum atomic E-state index is -0.324. The third kappa shape index (κ3) is 2.15. The fraction of sp³-hybridized carbons (Fsp3) is 0.500. The molecule has 1 saturated carbocycles. The van der Waals surface area contributed by atoms with Crippen LogP contribution in [-0.4, -0.2) is 11.0 Å². The van der Waals surface area contributed by atoms with Crippen molar-refractivity contribution in [1.82, 2.24) is 0 Å². The van der Waals surface area contributed by atoms with Gasteiger partial charge in [-0.05, 0) is 25.8 Å². The maximum Gasteiger partial charge on any atom is 0.274 e. The van der Waals surface area contributed by atoms with E-state index in [4.69, 9.17) is 0 Å². The Kier molecular flexibility index (Phi) is 3.08. The molecule has 0 spiro atoms. The summed E-state index contributed by atoms with van der Waals surface area (Å²) >= 11 is 0. The van der Waals surface area contributed by atoms with Crippen LogP contribution in [0.1, 0.15) is 31.2 Å². The summed E-state index contributed by atoms with van der Waals surface area (Å²) in [7, 11) is 0. The average Bonchev–Trinajstić information content (AvgIpc) is 2.73. The van der Waals surface area contributed by atoms with E-state index in [1.807, 2.05) is 6.07 Å². The van der Waals surface area contributed by atoms with E-state index in [0.717, 1.165) is 11.3 Å². The van der Waals surface area contributed by atoms with Crippen LogP contribution in [0.4, 0.5) is 11.4 Å². The zero-order valence-electron chi connectivity index (χ0n) is 9.40. The van der Waals surface area contributed by atoms with Crippen LogP contribution in [0.5, 0.6) is 0 Å². The lowest BCUT2D eigenvalue weighted by Gasteiger charge is -2.15. The van der Waals surface area contributed by atoms with Crippen LogP contribution in [-0.2, 0) is 0 Å². The van der Waals surface area contributed by atoms with Crippen molar-refractivity contribution in [2.75, 3.05) is 5.32 Å². The summed E-state index contributed by atoms with van der Waals surface area (Å²) in [5.74, 6) is 0. The number of anilines is 1. The Morgan fingerprint density at radius 2 is 2.06 bits per heavy atom. The molecular formula is C12H16N2O2. The molecule has 1 aliphatic rings. The van der Waals surface area contributed by atoms with Crippen LogP contribution >= 0.6 is 0 Å². The Labute approximate surface area is 94.8 Å². The summed E-state index contributed by atoms with van der Waals surface area (Å²) in [6.45, 7) is 1.80. The number of nitrogens with one attached hydrogen (secondary N) is 1. The summed E-state index contributed by atoms with van der Waals surface area (Å²) in [6, 6.07) is 5.69. The molecule has 2 rings (SSSR count). The van der Waals surface area contributed by atoms with Crippen LogP contribution < -0.4 is 5.32 Å². The number of hydrogen-bond acceptors (Lipinski definition) is 3. The first-order chi connectivity index (χ1) is 7.68. The van der Waals surface area contributed by atoms with Gasteiger partial charge < -0.3 is 5.32 Å². The number of nitro groups is 1. The third-order valence-electron chi connectivity index (χ3n) is 3.22. The second-order valence-corrected chi connectivity index (χ2v) is 4.33. The van der Waals surface area contributed by atoms with Crippen LogP contribution in [0, 0.1) is 17.0 Å². The van der Waals surface area contributed by atoms with Crippen molar-refractivity contribution in [2.45, 2.75) is 38.6 Å². The van der Waals surface area contributed by atoms with Gasteiger partial charge in [0.2, 0.25) is 0 Å². The van der Waals surface area contributed by atoms with Crippen molar-refractivity contribution in [3.8, 4) is 0 Å². The number of rotatable bonds is 3. The maximum absolute atomic E-state index is 10.8. The van der Waals surface area contributed by atoms with Crippen molar-refractivity contribution in [2.24, 2.45) is 0 Å². The molecule has 1 aliphatic carbocycles. The highest BCUT2D eigenvalue weighted by molar-refractivity contribution is 5.60. The van der Waals surface area contributed by atoms with E-state index >= 15 is 0 Å². The fourth-order valence-electron chi connectivity index (χ4n) is 2.27. The lowest BCUT2D eigenvalue weighted by molar-refractivity contribution is -0.385. The molecule has 0 unspecified atom stereocenters. The Bertz CT molecular complexity index is 398. The number of nitrogens with zero attached hydrogens (tertiary/aromatic N) is 1. The SMILES string of the molecule is Cc1c(NC2CCCC2)cccc1[N+](=O)[O-]. The highest BCUT2D eigenvalue weighted by Gasteiger charge is 2.18. The van der Waals surface area contributed by atoms with Crippen LogP contribution in [0.3, 0.4) is 0 Å². The second kappa shape index (κ2) is 4.51. The second-order valence-electron chi connectivity index (χ2n) is 4.33. The molecule has 0 radical (unpaired) electrons. The normalized spacial score (nSPS) is 16.3. The highest BCUT2D eigenvalue weighted by Crippen LogP contribution is 2.28. The van der Waals surface area contributed by atoms with Gasteiger partial charge in [0.05, 0.1) is 4.92 Å². The zero-order valence-corrected chi connectivity index (χ0v) is 9.40. The molecule has 4 heteroatoms. The maximum atomic E-state index is 10.8. The number of hydrogen-bond donors (Lipinski definition) is 1. The van der Waals surface area contributed by atoms with Crippen LogP contribution in [0.25, 0.3) is 0 Å². The van der Waals surface area contributed by atoms with Gasteiger partial charge >= 0.3 is 0 Å². The first-order valence-electron chi connectivity index (χ1n) is 5.69. The molecule has 4 nitrogen and oxygen atoms in total. The Morgan fingerprint density at radius 1 is 1.38 bits per heavy atom.